The number of hydrogen-bond acceptors (Lipinski definition) is 1. The van der Waals surface area contributed by atoms with Crippen LogP contribution >= 0.6 is 0 Å². The number of methoxy groups -OCH3 is 1. The van der Waals surface area contributed by atoms with Crippen molar-refractivity contribution in [1.29, 1.82) is 0 Å². The molecule has 0 fully saturated rings. The molecule has 13 heavy (non-hydrogen) atoms. The topological polar surface area (TPSA) is 9.23 Å². The lowest BCUT2D eigenvalue weighted by Gasteiger charge is -2.19. The molecule has 0 saturated carbocycles. The summed E-state index contributed by atoms with van der Waals surface area (Å²) in [7, 11) is 1.82. The molecule has 0 N–H and O–H groups in total. The van der Waals surface area contributed by atoms with Gasteiger partial charge >= 0.3 is 0 Å². The molecule has 0 aromatic carbocycles. The SMILES string of the molecule is CCCCC(COC)CC(C)CC. The molecule has 0 rings (SSSR count). The molecule has 0 aliphatic heterocycles. The fraction of sp³-hybridized carbons (Fsp3) is 1.00. The highest BCUT2D eigenvalue weighted by Crippen LogP contribution is 2.20. The zero-order chi connectivity index (χ0) is 10.1. The maximum absolute atomic E-state index is 5.25. The van der Waals surface area contributed by atoms with Gasteiger partial charge in [-0.15, -0.1) is 0 Å². The molecule has 0 aliphatic carbocycles. The van der Waals surface area contributed by atoms with Crippen LogP contribution in [0.5, 0.6) is 0 Å². The van der Waals surface area contributed by atoms with Crippen LogP contribution in [-0.4, -0.2) is 13.7 Å². The monoisotopic (exact) mass is 186 g/mol. The molecule has 1 heteroatoms. The molecule has 0 aromatic heterocycles. The Bertz CT molecular complexity index is 101. The van der Waals surface area contributed by atoms with E-state index in [0.29, 0.717) is 0 Å². The normalized spacial score (nSPS) is 15.7. The summed E-state index contributed by atoms with van der Waals surface area (Å²) < 4.78 is 5.25. The summed E-state index contributed by atoms with van der Waals surface area (Å²) in [6.45, 7) is 7.82. The van der Waals surface area contributed by atoms with Gasteiger partial charge in [0.25, 0.3) is 0 Å². The van der Waals surface area contributed by atoms with Gasteiger partial charge in [-0.2, -0.15) is 0 Å². The lowest BCUT2D eigenvalue weighted by Crippen LogP contribution is -2.12. The quantitative estimate of drug-likeness (QED) is 0.559. The van der Waals surface area contributed by atoms with Crippen molar-refractivity contribution >= 4 is 0 Å². The minimum absolute atomic E-state index is 0.792. The van der Waals surface area contributed by atoms with Crippen LogP contribution in [0.25, 0.3) is 0 Å². The van der Waals surface area contributed by atoms with Gasteiger partial charge in [-0.1, -0.05) is 40.0 Å². The number of unbranched alkanes of at least 4 members (excludes halogenated alkanes) is 1. The summed E-state index contributed by atoms with van der Waals surface area (Å²) >= 11 is 0. The first-order valence-corrected chi connectivity index (χ1v) is 5.73. The van der Waals surface area contributed by atoms with Crippen LogP contribution in [0.1, 0.15) is 52.9 Å². The second kappa shape index (κ2) is 8.55. The largest absolute Gasteiger partial charge is 0.384 e. The number of ether oxygens (including phenoxy) is 1. The van der Waals surface area contributed by atoms with Crippen molar-refractivity contribution in [1.82, 2.24) is 0 Å². The third-order valence-corrected chi connectivity index (χ3v) is 2.80. The Balaban J connectivity index is 3.65. The summed E-state index contributed by atoms with van der Waals surface area (Å²) in [5.41, 5.74) is 0. The van der Waals surface area contributed by atoms with Crippen LogP contribution in [0.3, 0.4) is 0 Å². The van der Waals surface area contributed by atoms with Gasteiger partial charge in [0.2, 0.25) is 0 Å². The van der Waals surface area contributed by atoms with Gasteiger partial charge in [0.05, 0.1) is 0 Å². The molecule has 0 aliphatic rings. The van der Waals surface area contributed by atoms with E-state index >= 15 is 0 Å². The molecular formula is C12H26O. The van der Waals surface area contributed by atoms with Crippen molar-refractivity contribution in [2.45, 2.75) is 52.9 Å². The van der Waals surface area contributed by atoms with E-state index in [1.54, 1.807) is 0 Å². The van der Waals surface area contributed by atoms with Crippen LogP contribution in [0.2, 0.25) is 0 Å². The molecule has 0 saturated heterocycles. The van der Waals surface area contributed by atoms with E-state index in [1.165, 1.54) is 32.1 Å². The van der Waals surface area contributed by atoms with Gasteiger partial charge in [0.15, 0.2) is 0 Å². The highest BCUT2D eigenvalue weighted by atomic mass is 16.5. The first-order valence-electron chi connectivity index (χ1n) is 5.73. The van der Waals surface area contributed by atoms with Crippen LogP contribution in [0, 0.1) is 11.8 Å². The van der Waals surface area contributed by atoms with Crippen LogP contribution in [0.4, 0.5) is 0 Å². The van der Waals surface area contributed by atoms with E-state index in [1.807, 2.05) is 7.11 Å². The minimum atomic E-state index is 0.792. The fourth-order valence-corrected chi connectivity index (χ4v) is 1.73. The molecule has 1 nitrogen and oxygen atoms in total. The van der Waals surface area contributed by atoms with E-state index in [2.05, 4.69) is 20.8 Å². The maximum atomic E-state index is 5.25. The summed E-state index contributed by atoms with van der Waals surface area (Å²) in [5, 5.41) is 0. The lowest BCUT2D eigenvalue weighted by molar-refractivity contribution is 0.132. The highest BCUT2D eigenvalue weighted by Gasteiger charge is 2.11. The zero-order valence-electron chi connectivity index (χ0n) is 9.81. The van der Waals surface area contributed by atoms with Crippen molar-refractivity contribution in [3.05, 3.63) is 0 Å². The van der Waals surface area contributed by atoms with E-state index < -0.39 is 0 Å². The van der Waals surface area contributed by atoms with Crippen LogP contribution < -0.4 is 0 Å². The van der Waals surface area contributed by atoms with Gasteiger partial charge in [-0.3, -0.25) is 0 Å². The summed E-state index contributed by atoms with van der Waals surface area (Å²) in [5.74, 6) is 1.65. The second-order valence-electron chi connectivity index (χ2n) is 4.21. The smallest absolute Gasteiger partial charge is 0.0490 e. The van der Waals surface area contributed by atoms with Gasteiger partial charge in [0, 0.05) is 13.7 Å². The van der Waals surface area contributed by atoms with Crippen molar-refractivity contribution in [3.8, 4) is 0 Å². The maximum Gasteiger partial charge on any atom is 0.0490 e. The molecule has 80 valence electrons. The summed E-state index contributed by atoms with van der Waals surface area (Å²) in [4.78, 5) is 0. The Hall–Kier alpha value is -0.0400. The Morgan fingerprint density at radius 3 is 2.38 bits per heavy atom. The molecular weight excluding hydrogens is 160 g/mol. The molecule has 0 spiro atoms. The van der Waals surface area contributed by atoms with Gasteiger partial charge < -0.3 is 4.74 Å². The fourth-order valence-electron chi connectivity index (χ4n) is 1.73. The van der Waals surface area contributed by atoms with Crippen molar-refractivity contribution < 1.29 is 4.74 Å². The third-order valence-electron chi connectivity index (χ3n) is 2.80. The highest BCUT2D eigenvalue weighted by molar-refractivity contribution is 4.62. The van der Waals surface area contributed by atoms with E-state index in [9.17, 15) is 0 Å². The number of hydrogen-bond donors (Lipinski definition) is 0. The van der Waals surface area contributed by atoms with E-state index in [-0.39, 0.29) is 0 Å². The third kappa shape index (κ3) is 7.06. The molecule has 2 atom stereocenters. The van der Waals surface area contributed by atoms with E-state index in [4.69, 9.17) is 4.74 Å². The summed E-state index contributed by atoms with van der Waals surface area (Å²) in [6, 6.07) is 0. The van der Waals surface area contributed by atoms with Crippen LogP contribution in [-0.2, 0) is 4.74 Å². The second-order valence-corrected chi connectivity index (χ2v) is 4.21. The van der Waals surface area contributed by atoms with Gasteiger partial charge in [-0.25, -0.2) is 0 Å². The first kappa shape index (κ1) is 13.0. The van der Waals surface area contributed by atoms with Crippen molar-refractivity contribution in [2.75, 3.05) is 13.7 Å². The lowest BCUT2D eigenvalue weighted by atomic mass is 9.91. The predicted molar refractivity (Wildman–Crippen MR) is 59.0 cm³/mol. The zero-order valence-corrected chi connectivity index (χ0v) is 9.81. The molecule has 2 unspecified atom stereocenters. The standard InChI is InChI=1S/C12H26O/c1-5-7-8-12(10-13-4)9-11(3)6-2/h11-12H,5-10H2,1-4H3. The average Bonchev–Trinajstić information content (AvgIpc) is 2.14. The Labute approximate surface area is 83.9 Å². The predicted octanol–water partition coefficient (Wildman–Crippen LogP) is 3.88. The average molecular weight is 186 g/mol. The Morgan fingerprint density at radius 1 is 1.23 bits per heavy atom. The molecule has 0 heterocycles. The van der Waals surface area contributed by atoms with Crippen molar-refractivity contribution in [2.24, 2.45) is 11.8 Å². The number of rotatable bonds is 8. The van der Waals surface area contributed by atoms with E-state index in [0.717, 1.165) is 18.4 Å². The summed E-state index contributed by atoms with van der Waals surface area (Å²) in [6.07, 6.45) is 6.64. The van der Waals surface area contributed by atoms with Crippen LogP contribution in [0.15, 0.2) is 0 Å². The first-order chi connectivity index (χ1) is 6.24. The van der Waals surface area contributed by atoms with Crippen molar-refractivity contribution in [3.63, 3.8) is 0 Å². The molecule has 0 aromatic rings. The molecule has 0 radical (unpaired) electrons. The molecule has 0 amide bonds. The molecule has 0 bridgehead atoms. The Kier molecular flexibility index (Phi) is 8.53. The van der Waals surface area contributed by atoms with Gasteiger partial charge in [0.1, 0.15) is 0 Å². The van der Waals surface area contributed by atoms with Gasteiger partial charge in [-0.05, 0) is 24.7 Å². The Morgan fingerprint density at radius 2 is 1.92 bits per heavy atom. The minimum Gasteiger partial charge on any atom is -0.384 e.